The predicted octanol–water partition coefficient (Wildman–Crippen LogP) is 15.5. The molecule has 254 valence electrons. The lowest BCUT2D eigenvalue weighted by Gasteiger charge is -2.19. The van der Waals surface area contributed by atoms with Gasteiger partial charge in [0.15, 0.2) is 0 Å². The molecule has 0 aliphatic heterocycles. The van der Waals surface area contributed by atoms with Gasteiger partial charge in [-0.25, -0.2) is 0 Å². The second kappa shape index (κ2) is 11.6. The smallest absolute Gasteiger partial charge is 0.143 e. The van der Waals surface area contributed by atoms with E-state index in [1.54, 1.807) is 0 Å². The first-order valence-electron chi connectivity index (χ1n) is 19.0. The third-order valence-electron chi connectivity index (χ3n) is 11.8. The summed E-state index contributed by atoms with van der Waals surface area (Å²) in [6.07, 6.45) is 0. The Morgan fingerprint density at radius 2 is 0.800 bits per heavy atom. The molecule has 0 unspecified atom stereocenters. The summed E-state index contributed by atoms with van der Waals surface area (Å²) in [6.45, 7) is 0. The molecule has 0 bridgehead atoms. The van der Waals surface area contributed by atoms with Crippen molar-refractivity contribution < 1.29 is 4.42 Å². The fourth-order valence-electron chi connectivity index (χ4n) is 9.43. The van der Waals surface area contributed by atoms with E-state index in [1.807, 2.05) is 0 Å². The molecule has 1 heterocycles. The van der Waals surface area contributed by atoms with Crippen molar-refractivity contribution in [2.45, 2.75) is 0 Å². The Bertz CT molecular complexity index is 3490. The van der Waals surface area contributed by atoms with Gasteiger partial charge in [-0.3, -0.25) is 0 Å². The topological polar surface area (TPSA) is 13.1 Å². The van der Waals surface area contributed by atoms with Crippen LogP contribution in [0.2, 0.25) is 0 Å². The minimum atomic E-state index is 0.921. The molecule has 0 fully saturated rings. The molecular weight excluding hydrogens is 665 g/mol. The lowest BCUT2D eigenvalue weighted by molar-refractivity contribution is 0.673. The highest BCUT2D eigenvalue weighted by Crippen LogP contribution is 2.47. The van der Waals surface area contributed by atoms with Gasteiger partial charge in [0.2, 0.25) is 0 Å². The van der Waals surface area contributed by atoms with E-state index < -0.39 is 0 Å². The molecule has 0 saturated heterocycles. The van der Waals surface area contributed by atoms with Crippen LogP contribution in [0, 0.1) is 0 Å². The highest BCUT2D eigenvalue weighted by molar-refractivity contribution is 6.34. The van der Waals surface area contributed by atoms with E-state index in [-0.39, 0.29) is 0 Å². The molecule has 0 spiro atoms. The lowest BCUT2D eigenvalue weighted by atomic mass is 9.84. The highest BCUT2D eigenvalue weighted by Gasteiger charge is 2.20. The van der Waals surface area contributed by atoms with Crippen LogP contribution in [0.25, 0.3) is 120 Å². The Kier molecular flexibility index (Phi) is 6.40. The molecule has 0 atom stereocenters. The van der Waals surface area contributed by atoms with E-state index in [4.69, 9.17) is 4.42 Å². The summed E-state index contributed by atoms with van der Waals surface area (Å²) in [7, 11) is 0. The van der Waals surface area contributed by atoms with Crippen LogP contribution in [0.1, 0.15) is 0 Å². The molecule has 0 aliphatic carbocycles. The largest absolute Gasteiger partial charge is 0.455 e. The summed E-state index contributed by atoms with van der Waals surface area (Å²) < 4.78 is 6.84. The van der Waals surface area contributed by atoms with Crippen molar-refractivity contribution >= 4 is 86.6 Å². The number of hydrogen-bond acceptors (Lipinski definition) is 1. The van der Waals surface area contributed by atoms with Crippen molar-refractivity contribution in [3.8, 4) is 33.4 Å². The van der Waals surface area contributed by atoms with E-state index >= 15 is 0 Å². The second-order valence-electron chi connectivity index (χ2n) is 14.7. The maximum atomic E-state index is 6.84. The van der Waals surface area contributed by atoms with E-state index in [2.05, 4.69) is 194 Å². The summed E-state index contributed by atoms with van der Waals surface area (Å²) >= 11 is 0. The number of benzene rings is 11. The van der Waals surface area contributed by atoms with Gasteiger partial charge >= 0.3 is 0 Å². The molecule has 0 saturated carbocycles. The van der Waals surface area contributed by atoms with Crippen LogP contribution in [0.15, 0.2) is 199 Å². The van der Waals surface area contributed by atoms with E-state index in [1.165, 1.54) is 97.8 Å². The van der Waals surface area contributed by atoms with Gasteiger partial charge in [0.05, 0.1) is 0 Å². The molecule has 1 heteroatoms. The summed E-state index contributed by atoms with van der Waals surface area (Å²) in [4.78, 5) is 0. The van der Waals surface area contributed by atoms with Gasteiger partial charge in [-0.1, -0.05) is 176 Å². The van der Waals surface area contributed by atoms with Crippen LogP contribution in [0.4, 0.5) is 0 Å². The van der Waals surface area contributed by atoms with Gasteiger partial charge in [0, 0.05) is 16.2 Å². The fourth-order valence-corrected chi connectivity index (χ4v) is 9.43. The monoisotopic (exact) mass is 696 g/mol. The third kappa shape index (κ3) is 4.41. The van der Waals surface area contributed by atoms with Gasteiger partial charge in [0.1, 0.15) is 11.2 Å². The number of rotatable bonds is 3. The number of furan rings is 1. The average molecular weight is 697 g/mol. The molecular formula is C54H32O. The molecule has 1 nitrogen and oxygen atoms in total. The zero-order valence-corrected chi connectivity index (χ0v) is 29.9. The molecule has 12 rings (SSSR count). The minimum absolute atomic E-state index is 0.921. The first-order valence-corrected chi connectivity index (χ1v) is 19.0. The molecule has 0 aliphatic rings. The Morgan fingerprint density at radius 3 is 1.55 bits per heavy atom. The van der Waals surface area contributed by atoms with Crippen LogP contribution in [-0.2, 0) is 0 Å². The number of fused-ring (bicyclic) bond motifs is 13. The first kappa shape index (κ1) is 30.3. The summed E-state index contributed by atoms with van der Waals surface area (Å²) in [5.41, 5.74) is 9.21. The van der Waals surface area contributed by atoms with Crippen molar-refractivity contribution in [2.24, 2.45) is 0 Å². The van der Waals surface area contributed by atoms with Crippen molar-refractivity contribution in [3.63, 3.8) is 0 Å². The third-order valence-corrected chi connectivity index (χ3v) is 11.8. The second-order valence-corrected chi connectivity index (χ2v) is 14.7. The van der Waals surface area contributed by atoms with Crippen LogP contribution in [0.5, 0.6) is 0 Å². The quantitative estimate of drug-likeness (QED) is 0.132. The maximum absolute atomic E-state index is 6.84. The maximum Gasteiger partial charge on any atom is 0.143 e. The van der Waals surface area contributed by atoms with Gasteiger partial charge in [-0.15, -0.1) is 0 Å². The molecule has 0 amide bonds. The van der Waals surface area contributed by atoms with Crippen molar-refractivity contribution in [2.75, 3.05) is 0 Å². The van der Waals surface area contributed by atoms with Crippen LogP contribution in [0.3, 0.4) is 0 Å². The highest BCUT2D eigenvalue weighted by atomic mass is 16.3. The summed E-state index contributed by atoms with van der Waals surface area (Å²) in [5, 5.41) is 17.2. The Balaban J connectivity index is 1.10. The molecule has 55 heavy (non-hydrogen) atoms. The van der Waals surface area contributed by atoms with Gasteiger partial charge in [0.25, 0.3) is 0 Å². The zero-order valence-electron chi connectivity index (χ0n) is 29.9. The Hall–Kier alpha value is -7.22. The average Bonchev–Trinajstić information content (AvgIpc) is 3.66. The standard InChI is InChI=1S/C54H32O/c1-3-18-38-33(13-1)15-12-26-42(38)51-46-24-9-7-22-44(46)50(45-23-8-10-25-47(45)51)37-17-11-16-35(31-37)36-27-29-41-40-20-5-6-21-43(40)53-52-39-19-4-2-14-34(39)28-30-49(52)55-54(53)48(41)32-36/h1-32H. The van der Waals surface area contributed by atoms with Gasteiger partial charge in [-0.2, -0.15) is 0 Å². The molecule has 11 aromatic carbocycles. The van der Waals surface area contributed by atoms with Crippen molar-refractivity contribution in [1.82, 2.24) is 0 Å². The SMILES string of the molecule is c1cc(-c2ccc3c4ccccc4c4c(oc5ccc6ccccc6c54)c3c2)cc(-c2c3ccccc3c(-c3cccc4ccccc34)c3ccccc23)c1. The molecule has 0 radical (unpaired) electrons. The van der Waals surface area contributed by atoms with Crippen LogP contribution < -0.4 is 0 Å². The fraction of sp³-hybridized carbons (Fsp3) is 0. The van der Waals surface area contributed by atoms with Crippen LogP contribution in [-0.4, -0.2) is 0 Å². The van der Waals surface area contributed by atoms with Gasteiger partial charge in [-0.05, 0) is 111 Å². The normalized spacial score (nSPS) is 12.0. The van der Waals surface area contributed by atoms with Crippen LogP contribution >= 0.6 is 0 Å². The molecule has 12 aromatic rings. The predicted molar refractivity (Wildman–Crippen MR) is 235 cm³/mol. The Morgan fingerprint density at radius 1 is 0.273 bits per heavy atom. The summed E-state index contributed by atoms with van der Waals surface area (Å²) in [6, 6.07) is 71.0. The molecule has 0 N–H and O–H groups in total. The zero-order chi connectivity index (χ0) is 36.0. The van der Waals surface area contributed by atoms with Crippen molar-refractivity contribution in [1.29, 1.82) is 0 Å². The Labute approximate surface area is 317 Å². The lowest BCUT2D eigenvalue weighted by Crippen LogP contribution is -1.92. The van der Waals surface area contributed by atoms with E-state index in [0.29, 0.717) is 0 Å². The summed E-state index contributed by atoms with van der Waals surface area (Å²) in [5.74, 6) is 0. The minimum Gasteiger partial charge on any atom is -0.455 e. The van der Waals surface area contributed by atoms with E-state index in [0.717, 1.165) is 22.1 Å². The van der Waals surface area contributed by atoms with Gasteiger partial charge < -0.3 is 4.42 Å². The number of hydrogen-bond donors (Lipinski definition) is 0. The first-order chi connectivity index (χ1) is 27.3. The van der Waals surface area contributed by atoms with Crippen molar-refractivity contribution in [3.05, 3.63) is 194 Å². The van der Waals surface area contributed by atoms with E-state index in [9.17, 15) is 0 Å². The molecule has 1 aromatic heterocycles.